The third-order valence-corrected chi connectivity index (χ3v) is 4.38. The van der Waals surface area contributed by atoms with Gasteiger partial charge < -0.3 is 10.2 Å². The second-order valence-electron chi connectivity index (χ2n) is 5.64. The fourth-order valence-corrected chi connectivity index (χ4v) is 3.43. The van der Waals surface area contributed by atoms with E-state index in [1.807, 2.05) is 12.1 Å². The number of nitrogens with zero attached hydrogens (tertiary/aromatic N) is 1. The van der Waals surface area contributed by atoms with E-state index in [1.54, 1.807) is 12.1 Å². The molecule has 18 heavy (non-hydrogen) atoms. The largest absolute Gasteiger partial charge is 0.366 e. The second-order valence-corrected chi connectivity index (χ2v) is 5.64. The van der Waals surface area contributed by atoms with E-state index in [-0.39, 0.29) is 11.4 Å². The van der Waals surface area contributed by atoms with E-state index in [0.717, 1.165) is 25.3 Å². The molecule has 0 aromatic heterocycles. The molecule has 3 heteroatoms. The molecule has 2 nitrogen and oxygen atoms in total. The lowest BCUT2D eigenvalue weighted by Crippen LogP contribution is -2.61. The molecule has 1 aromatic rings. The first-order valence-electron chi connectivity index (χ1n) is 7.04. The van der Waals surface area contributed by atoms with Gasteiger partial charge in [-0.1, -0.05) is 31.4 Å². The molecule has 1 aliphatic heterocycles. The molecule has 1 aromatic carbocycles. The summed E-state index contributed by atoms with van der Waals surface area (Å²) < 4.78 is 13.9. The van der Waals surface area contributed by atoms with E-state index in [9.17, 15) is 4.39 Å². The van der Waals surface area contributed by atoms with Crippen molar-refractivity contribution in [3.05, 3.63) is 30.1 Å². The van der Waals surface area contributed by atoms with Crippen molar-refractivity contribution in [3.8, 4) is 0 Å². The molecule has 2 aliphatic rings. The van der Waals surface area contributed by atoms with E-state index in [2.05, 4.69) is 10.2 Å². The first-order chi connectivity index (χ1) is 8.79. The maximum Gasteiger partial charge on any atom is 0.146 e. The van der Waals surface area contributed by atoms with Crippen LogP contribution in [0.3, 0.4) is 0 Å². The van der Waals surface area contributed by atoms with Gasteiger partial charge in [0.2, 0.25) is 0 Å². The standard InChI is InChI=1S/C15H21FN2/c16-13-6-2-3-7-14(13)18-11-10-17-15(12-18)8-4-1-5-9-15/h2-3,6-7,17H,1,4-5,8-12H2. The topological polar surface area (TPSA) is 15.3 Å². The lowest BCUT2D eigenvalue weighted by atomic mass is 9.80. The quantitative estimate of drug-likeness (QED) is 0.822. The molecule has 3 rings (SSSR count). The van der Waals surface area contributed by atoms with Gasteiger partial charge in [0.1, 0.15) is 5.82 Å². The summed E-state index contributed by atoms with van der Waals surface area (Å²) >= 11 is 0. The van der Waals surface area contributed by atoms with Crippen molar-refractivity contribution in [2.24, 2.45) is 0 Å². The van der Waals surface area contributed by atoms with E-state index in [1.165, 1.54) is 32.1 Å². The molecule has 1 saturated carbocycles. The van der Waals surface area contributed by atoms with E-state index in [4.69, 9.17) is 0 Å². The summed E-state index contributed by atoms with van der Waals surface area (Å²) in [6.45, 7) is 2.82. The van der Waals surface area contributed by atoms with Gasteiger partial charge in [0, 0.05) is 25.2 Å². The van der Waals surface area contributed by atoms with Gasteiger partial charge in [-0.25, -0.2) is 4.39 Å². The van der Waals surface area contributed by atoms with Crippen molar-refractivity contribution in [1.29, 1.82) is 0 Å². The number of halogens is 1. The summed E-state index contributed by atoms with van der Waals surface area (Å²) in [5.74, 6) is -0.0923. The highest BCUT2D eigenvalue weighted by molar-refractivity contribution is 5.48. The van der Waals surface area contributed by atoms with Crippen LogP contribution in [-0.2, 0) is 0 Å². The smallest absolute Gasteiger partial charge is 0.146 e. The maximum absolute atomic E-state index is 13.9. The van der Waals surface area contributed by atoms with Crippen molar-refractivity contribution in [2.75, 3.05) is 24.5 Å². The van der Waals surface area contributed by atoms with Crippen LogP contribution < -0.4 is 10.2 Å². The van der Waals surface area contributed by atoms with Crippen molar-refractivity contribution >= 4 is 5.69 Å². The Morgan fingerprint density at radius 3 is 2.67 bits per heavy atom. The first kappa shape index (κ1) is 12.0. The highest BCUT2D eigenvalue weighted by atomic mass is 19.1. The van der Waals surface area contributed by atoms with Crippen molar-refractivity contribution in [3.63, 3.8) is 0 Å². The summed E-state index contributed by atoms with van der Waals surface area (Å²) in [6, 6.07) is 7.15. The van der Waals surface area contributed by atoms with Gasteiger partial charge in [-0.2, -0.15) is 0 Å². The molecule has 0 unspecified atom stereocenters. The molecule has 0 radical (unpaired) electrons. The van der Waals surface area contributed by atoms with Crippen LogP contribution in [0.5, 0.6) is 0 Å². The third-order valence-electron chi connectivity index (χ3n) is 4.38. The number of rotatable bonds is 1. The van der Waals surface area contributed by atoms with E-state index in [0.29, 0.717) is 0 Å². The Morgan fingerprint density at radius 2 is 1.89 bits per heavy atom. The van der Waals surface area contributed by atoms with Crippen LogP contribution >= 0.6 is 0 Å². The zero-order valence-electron chi connectivity index (χ0n) is 10.8. The van der Waals surface area contributed by atoms with Crippen LogP contribution in [0.2, 0.25) is 0 Å². The number of hydrogen-bond donors (Lipinski definition) is 1. The minimum atomic E-state index is -0.0923. The number of nitrogens with one attached hydrogen (secondary N) is 1. The minimum absolute atomic E-state index is 0.0923. The molecule has 2 fully saturated rings. The van der Waals surface area contributed by atoms with Crippen LogP contribution in [0.15, 0.2) is 24.3 Å². The molecule has 1 aliphatic carbocycles. The zero-order valence-corrected chi connectivity index (χ0v) is 10.8. The van der Waals surface area contributed by atoms with Crippen molar-refractivity contribution < 1.29 is 4.39 Å². The van der Waals surface area contributed by atoms with Crippen LogP contribution in [0.4, 0.5) is 10.1 Å². The second kappa shape index (κ2) is 4.88. The minimum Gasteiger partial charge on any atom is -0.366 e. The van der Waals surface area contributed by atoms with Crippen LogP contribution in [0, 0.1) is 5.82 Å². The Balaban J connectivity index is 1.80. The van der Waals surface area contributed by atoms with Crippen LogP contribution in [-0.4, -0.2) is 25.2 Å². The number of hydrogen-bond acceptors (Lipinski definition) is 2. The Morgan fingerprint density at radius 1 is 1.11 bits per heavy atom. The molecule has 1 heterocycles. The summed E-state index contributed by atoms with van der Waals surface area (Å²) in [4.78, 5) is 2.22. The third kappa shape index (κ3) is 2.24. The summed E-state index contributed by atoms with van der Waals surface area (Å²) in [6.07, 6.45) is 6.43. The Hall–Kier alpha value is -1.09. The van der Waals surface area contributed by atoms with Gasteiger partial charge >= 0.3 is 0 Å². The maximum atomic E-state index is 13.9. The average Bonchev–Trinajstić information content (AvgIpc) is 2.40. The molecule has 0 atom stereocenters. The Bertz CT molecular complexity index is 407. The molecule has 1 spiro atoms. The van der Waals surface area contributed by atoms with Gasteiger partial charge in [0.05, 0.1) is 5.69 Å². The lowest BCUT2D eigenvalue weighted by molar-refractivity contribution is 0.216. The van der Waals surface area contributed by atoms with Gasteiger partial charge in [0.15, 0.2) is 0 Å². The van der Waals surface area contributed by atoms with Gasteiger partial charge in [-0.15, -0.1) is 0 Å². The van der Waals surface area contributed by atoms with E-state index < -0.39 is 0 Å². The van der Waals surface area contributed by atoms with Gasteiger partial charge in [-0.3, -0.25) is 0 Å². The van der Waals surface area contributed by atoms with Crippen molar-refractivity contribution in [2.45, 2.75) is 37.6 Å². The Labute approximate surface area is 108 Å². The fourth-order valence-electron chi connectivity index (χ4n) is 3.43. The van der Waals surface area contributed by atoms with Crippen LogP contribution in [0.25, 0.3) is 0 Å². The fraction of sp³-hybridized carbons (Fsp3) is 0.600. The number of piperazine rings is 1. The lowest BCUT2D eigenvalue weighted by Gasteiger charge is -2.47. The predicted octanol–water partition coefficient (Wildman–Crippen LogP) is 2.94. The first-order valence-corrected chi connectivity index (χ1v) is 7.04. The summed E-state index contributed by atoms with van der Waals surface area (Å²) in [7, 11) is 0. The molecular weight excluding hydrogens is 227 g/mol. The number of para-hydroxylation sites is 1. The zero-order chi connectivity index (χ0) is 12.4. The predicted molar refractivity (Wildman–Crippen MR) is 72.4 cm³/mol. The van der Waals surface area contributed by atoms with E-state index >= 15 is 0 Å². The normalized spacial score (nSPS) is 23.3. The highest BCUT2D eigenvalue weighted by Crippen LogP contribution is 2.32. The monoisotopic (exact) mass is 248 g/mol. The number of anilines is 1. The van der Waals surface area contributed by atoms with Crippen LogP contribution in [0.1, 0.15) is 32.1 Å². The van der Waals surface area contributed by atoms with Crippen molar-refractivity contribution in [1.82, 2.24) is 5.32 Å². The summed E-state index contributed by atoms with van der Waals surface area (Å²) in [5, 5.41) is 3.69. The highest BCUT2D eigenvalue weighted by Gasteiger charge is 2.36. The molecule has 0 amide bonds. The van der Waals surface area contributed by atoms with Gasteiger partial charge in [-0.05, 0) is 25.0 Å². The molecule has 1 saturated heterocycles. The SMILES string of the molecule is Fc1ccccc1N1CCNC2(CCCCC2)C1. The molecule has 0 bridgehead atoms. The molecule has 98 valence electrons. The van der Waals surface area contributed by atoms with Gasteiger partial charge in [0.25, 0.3) is 0 Å². The molecule has 1 N–H and O–H groups in total. The Kier molecular flexibility index (Phi) is 3.25. The number of benzene rings is 1. The molecular formula is C15H21FN2. The summed E-state index contributed by atoms with van der Waals surface area (Å²) in [5.41, 5.74) is 1.00. The average molecular weight is 248 g/mol.